The number of hydrogen-bond donors (Lipinski definition) is 0. The first-order valence-corrected chi connectivity index (χ1v) is 4.56. The Morgan fingerprint density at radius 3 is 2.60 bits per heavy atom. The van der Waals surface area contributed by atoms with Gasteiger partial charge >= 0.3 is 0 Å². The fraction of sp³-hybridized carbons (Fsp3) is 0.182. The first kappa shape index (κ1) is 9.58. The molecule has 0 saturated heterocycles. The number of nitrogens with zero attached hydrogens (tertiary/aromatic N) is 2. The Labute approximate surface area is 88.1 Å². The predicted octanol–water partition coefficient (Wildman–Crippen LogP) is 1.89. The van der Waals surface area contributed by atoms with Crippen LogP contribution in [0.3, 0.4) is 0 Å². The van der Waals surface area contributed by atoms with Crippen LogP contribution in [0.2, 0.25) is 0 Å². The van der Waals surface area contributed by atoms with Crippen molar-refractivity contribution >= 4 is 0 Å². The molecule has 0 N–H and O–H groups in total. The highest BCUT2D eigenvalue weighted by Crippen LogP contribution is 2.23. The van der Waals surface area contributed by atoms with Gasteiger partial charge in [-0.15, -0.1) is 0 Å². The largest absolute Gasteiger partial charge is 0.495 e. The van der Waals surface area contributed by atoms with Crippen LogP contribution in [0, 0.1) is 0 Å². The molecule has 0 aliphatic heterocycles. The van der Waals surface area contributed by atoms with E-state index in [1.54, 1.807) is 26.7 Å². The molecule has 0 atom stereocenters. The van der Waals surface area contributed by atoms with Gasteiger partial charge in [0.2, 0.25) is 5.88 Å². The number of imidazole rings is 1. The lowest BCUT2D eigenvalue weighted by Crippen LogP contribution is -1.94. The van der Waals surface area contributed by atoms with Crippen molar-refractivity contribution in [2.24, 2.45) is 0 Å². The molecule has 15 heavy (non-hydrogen) atoms. The van der Waals surface area contributed by atoms with E-state index in [1.807, 2.05) is 28.8 Å². The molecular weight excluding hydrogens is 192 g/mol. The Bertz CT molecular complexity index is 451. The molecule has 0 bridgehead atoms. The number of para-hydroxylation sites is 2. The summed E-state index contributed by atoms with van der Waals surface area (Å²) in [5.74, 6) is 1.39. The maximum atomic E-state index is 5.25. The standard InChI is InChI=1S/C11H12N2O2/c1-14-10-6-4-3-5-9(10)13-7-11(15-2)12-8-13/h3-8H,1-2H3. The molecular formula is C11H12N2O2. The topological polar surface area (TPSA) is 36.3 Å². The van der Waals surface area contributed by atoms with Crippen LogP contribution in [0.25, 0.3) is 5.69 Å². The summed E-state index contributed by atoms with van der Waals surface area (Å²) in [4.78, 5) is 4.07. The molecule has 2 rings (SSSR count). The Kier molecular flexibility index (Phi) is 2.58. The quantitative estimate of drug-likeness (QED) is 0.766. The molecule has 0 aliphatic rings. The van der Waals surface area contributed by atoms with Crippen LogP contribution in [-0.4, -0.2) is 23.8 Å². The van der Waals surface area contributed by atoms with Gasteiger partial charge < -0.3 is 9.47 Å². The van der Waals surface area contributed by atoms with Crippen LogP contribution in [0.5, 0.6) is 11.6 Å². The Morgan fingerprint density at radius 2 is 1.93 bits per heavy atom. The molecule has 0 fully saturated rings. The first-order chi connectivity index (χ1) is 7.35. The van der Waals surface area contributed by atoms with Crippen LogP contribution in [0.15, 0.2) is 36.8 Å². The number of hydrogen-bond acceptors (Lipinski definition) is 3. The summed E-state index contributed by atoms with van der Waals surface area (Å²) >= 11 is 0. The second kappa shape index (κ2) is 4.04. The highest BCUT2D eigenvalue weighted by Gasteiger charge is 2.05. The summed E-state index contributed by atoms with van der Waals surface area (Å²) in [5, 5.41) is 0. The van der Waals surface area contributed by atoms with Crippen LogP contribution < -0.4 is 9.47 Å². The molecule has 4 heteroatoms. The molecule has 0 aliphatic carbocycles. The fourth-order valence-corrected chi connectivity index (χ4v) is 1.38. The fourth-order valence-electron chi connectivity index (χ4n) is 1.38. The zero-order chi connectivity index (χ0) is 10.7. The van der Waals surface area contributed by atoms with E-state index in [9.17, 15) is 0 Å². The van der Waals surface area contributed by atoms with Gasteiger partial charge in [0.05, 0.1) is 26.1 Å². The normalized spacial score (nSPS) is 10.0. The van der Waals surface area contributed by atoms with E-state index in [-0.39, 0.29) is 0 Å². The van der Waals surface area contributed by atoms with Crippen molar-refractivity contribution in [1.29, 1.82) is 0 Å². The molecule has 1 aromatic heterocycles. The molecule has 1 aromatic carbocycles. The van der Waals surface area contributed by atoms with Crippen molar-refractivity contribution in [2.45, 2.75) is 0 Å². The van der Waals surface area contributed by atoms with E-state index >= 15 is 0 Å². The van der Waals surface area contributed by atoms with Gasteiger partial charge in [0, 0.05) is 0 Å². The smallest absolute Gasteiger partial charge is 0.231 e. The Balaban J connectivity index is 2.44. The minimum absolute atomic E-state index is 0.584. The highest BCUT2D eigenvalue weighted by molar-refractivity contribution is 5.46. The molecule has 78 valence electrons. The van der Waals surface area contributed by atoms with Crippen molar-refractivity contribution in [3.8, 4) is 17.3 Å². The van der Waals surface area contributed by atoms with Gasteiger partial charge in [-0.25, -0.2) is 4.98 Å². The van der Waals surface area contributed by atoms with E-state index in [0.717, 1.165) is 11.4 Å². The Morgan fingerprint density at radius 1 is 1.13 bits per heavy atom. The highest BCUT2D eigenvalue weighted by atomic mass is 16.5. The first-order valence-electron chi connectivity index (χ1n) is 4.56. The van der Waals surface area contributed by atoms with E-state index in [1.165, 1.54) is 0 Å². The summed E-state index contributed by atoms with van der Waals surface area (Å²) < 4.78 is 12.1. The third-order valence-corrected chi connectivity index (χ3v) is 2.13. The van der Waals surface area contributed by atoms with E-state index in [0.29, 0.717) is 5.88 Å². The molecule has 0 radical (unpaired) electrons. The lowest BCUT2D eigenvalue weighted by molar-refractivity contribution is 0.399. The van der Waals surface area contributed by atoms with Gasteiger partial charge in [0.15, 0.2) is 0 Å². The lowest BCUT2D eigenvalue weighted by Gasteiger charge is -2.07. The molecule has 0 unspecified atom stereocenters. The minimum Gasteiger partial charge on any atom is -0.495 e. The van der Waals surface area contributed by atoms with Crippen molar-refractivity contribution in [2.75, 3.05) is 14.2 Å². The number of methoxy groups -OCH3 is 2. The summed E-state index contributed by atoms with van der Waals surface area (Å²) in [6, 6.07) is 7.74. The van der Waals surface area contributed by atoms with E-state index in [4.69, 9.17) is 9.47 Å². The van der Waals surface area contributed by atoms with Gasteiger partial charge in [-0.3, -0.25) is 4.57 Å². The van der Waals surface area contributed by atoms with Gasteiger partial charge in [0.1, 0.15) is 12.1 Å². The number of benzene rings is 1. The van der Waals surface area contributed by atoms with Gasteiger partial charge in [-0.1, -0.05) is 12.1 Å². The Hall–Kier alpha value is -1.97. The molecule has 4 nitrogen and oxygen atoms in total. The maximum Gasteiger partial charge on any atom is 0.231 e. The monoisotopic (exact) mass is 204 g/mol. The van der Waals surface area contributed by atoms with Crippen molar-refractivity contribution < 1.29 is 9.47 Å². The summed E-state index contributed by atoms with van der Waals surface area (Å²) in [6.07, 6.45) is 3.49. The molecule has 2 aromatic rings. The van der Waals surface area contributed by atoms with Gasteiger partial charge in [-0.2, -0.15) is 0 Å². The summed E-state index contributed by atoms with van der Waals surface area (Å²) in [6.45, 7) is 0. The lowest BCUT2D eigenvalue weighted by atomic mass is 10.3. The van der Waals surface area contributed by atoms with Crippen LogP contribution in [0.1, 0.15) is 0 Å². The molecule has 1 heterocycles. The summed E-state index contributed by atoms with van der Waals surface area (Å²) in [7, 11) is 3.24. The average Bonchev–Trinajstić information content (AvgIpc) is 2.77. The van der Waals surface area contributed by atoms with Crippen LogP contribution in [-0.2, 0) is 0 Å². The summed E-state index contributed by atoms with van der Waals surface area (Å²) in [5.41, 5.74) is 0.941. The molecule has 0 spiro atoms. The SMILES string of the molecule is COc1cn(-c2ccccc2OC)cn1. The van der Waals surface area contributed by atoms with E-state index < -0.39 is 0 Å². The zero-order valence-electron chi connectivity index (χ0n) is 8.68. The third kappa shape index (κ3) is 1.79. The second-order valence-electron chi connectivity index (χ2n) is 3.00. The number of ether oxygens (including phenoxy) is 2. The molecule has 0 saturated carbocycles. The van der Waals surface area contributed by atoms with Gasteiger partial charge in [0.25, 0.3) is 0 Å². The van der Waals surface area contributed by atoms with Crippen LogP contribution in [0.4, 0.5) is 0 Å². The second-order valence-corrected chi connectivity index (χ2v) is 3.00. The zero-order valence-corrected chi connectivity index (χ0v) is 8.68. The predicted molar refractivity (Wildman–Crippen MR) is 56.7 cm³/mol. The maximum absolute atomic E-state index is 5.25. The van der Waals surface area contributed by atoms with Crippen molar-refractivity contribution in [3.05, 3.63) is 36.8 Å². The molecule has 0 amide bonds. The number of rotatable bonds is 3. The average molecular weight is 204 g/mol. The third-order valence-electron chi connectivity index (χ3n) is 2.13. The van der Waals surface area contributed by atoms with Crippen LogP contribution >= 0.6 is 0 Å². The minimum atomic E-state index is 0.584. The van der Waals surface area contributed by atoms with Crippen molar-refractivity contribution in [3.63, 3.8) is 0 Å². The van der Waals surface area contributed by atoms with E-state index in [2.05, 4.69) is 4.98 Å². The number of aromatic nitrogens is 2. The van der Waals surface area contributed by atoms with Crippen molar-refractivity contribution in [1.82, 2.24) is 9.55 Å². The van der Waals surface area contributed by atoms with Gasteiger partial charge in [-0.05, 0) is 12.1 Å².